The normalized spacial score (nSPS) is 12.6. The van der Waals surface area contributed by atoms with Crippen molar-refractivity contribution in [3.05, 3.63) is 111 Å². The van der Waals surface area contributed by atoms with Gasteiger partial charge in [-0.25, -0.2) is 13.5 Å². The topological polar surface area (TPSA) is 90.5 Å². The average Bonchev–Trinajstić information content (AvgIpc) is 3.46. The van der Waals surface area contributed by atoms with Gasteiger partial charge < -0.3 is 9.64 Å². The molecule has 0 spiro atoms. The number of nitrogens with zero attached hydrogens (tertiary/aromatic N) is 4. The fourth-order valence-corrected chi connectivity index (χ4v) is 3.85. The van der Waals surface area contributed by atoms with Gasteiger partial charge in [0.2, 0.25) is 0 Å². The smallest absolute Gasteiger partial charge is 0.275 e. The number of non-ortho nitro benzene ring substituents is 1. The minimum Gasteiger partial charge on any atom is -0.450 e. The number of carbonyl (C=O) groups is 1. The first-order valence-electron chi connectivity index (χ1n) is 10.2. The van der Waals surface area contributed by atoms with Crippen molar-refractivity contribution in [2.24, 2.45) is 0 Å². The van der Waals surface area contributed by atoms with Crippen LogP contribution >= 0.6 is 0 Å². The number of benzene rings is 3. The monoisotopic (exact) mass is 462 g/mol. The lowest BCUT2D eigenvalue weighted by Crippen LogP contribution is -2.23. The first kappa shape index (κ1) is 21.3. The molecular weight excluding hydrogens is 446 g/mol. The third-order valence-corrected chi connectivity index (χ3v) is 5.46. The fourth-order valence-electron chi connectivity index (χ4n) is 3.85. The number of hydrogen-bond acceptors (Lipinski definition) is 5. The van der Waals surface area contributed by atoms with E-state index in [1.807, 2.05) is 36.5 Å². The highest BCUT2D eigenvalue weighted by molar-refractivity contribution is 6.01. The van der Waals surface area contributed by atoms with E-state index < -0.39 is 28.0 Å². The Morgan fingerprint density at radius 1 is 1.06 bits per heavy atom. The molecule has 2 heterocycles. The van der Waals surface area contributed by atoms with Crippen LogP contribution in [0.4, 0.5) is 14.5 Å². The van der Waals surface area contributed by atoms with Gasteiger partial charge in [0.1, 0.15) is 5.75 Å². The third kappa shape index (κ3) is 3.85. The average molecular weight is 462 g/mol. The van der Waals surface area contributed by atoms with E-state index in [0.717, 1.165) is 11.3 Å². The van der Waals surface area contributed by atoms with Crippen molar-refractivity contribution >= 4 is 11.6 Å². The lowest BCUT2D eigenvalue weighted by molar-refractivity contribution is -0.385. The second kappa shape index (κ2) is 8.39. The maximum atomic E-state index is 14.3. The van der Waals surface area contributed by atoms with Crippen LogP contribution in [-0.2, 0) is 13.1 Å². The predicted octanol–water partition coefficient (Wildman–Crippen LogP) is 5.01. The van der Waals surface area contributed by atoms with Gasteiger partial charge in [-0.05, 0) is 35.4 Å². The van der Waals surface area contributed by atoms with E-state index in [2.05, 4.69) is 5.10 Å². The molecule has 1 aliphatic rings. The zero-order valence-corrected chi connectivity index (χ0v) is 17.5. The van der Waals surface area contributed by atoms with E-state index in [-0.39, 0.29) is 17.2 Å². The highest BCUT2D eigenvalue weighted by atomic mass is 19.1. The molecule has 0 N–H and O–H groups in total. The highest BCUT2D eigenvalue weighted by Gasteiger charge is 2.32. The second-order valence-electron chi connectivity index (χ2n) is 7.67. The molecule has 1 amide bonds. The molecule has 10 heteroatoms. The van der Waals surface area contributed by atoms with Crippen LogP contribution in [0.2, 0.25) is 0 Å². The van der Waals surface area contributed by atoms with Gasteiger partial charge in [0.25, 0.3) is 11.6 Å². The standard InChI is InChI=1S/C24H16F2N4O4/c25-19-11-18(30(32)33)12-20(26)23(19)34-21-4-1-3-16-14-28(24(31)22(16)21)13-15-5-7-17(8-6-15)29-10-2-9-27-29/h1-12H,13-14H2. The minimum absolute atomic E-state index is 0.0225. The van der Waals surface area contributed by atoms with Gasteiger partial charge in [-0.2, -0.15) is 5.10 Å². The van der Waals surface area contributed by atoms with Crippen molar-refractivity contribution in [3.8, 4) is 17.2 Å². The molecule has 34 heavy (non-hydrogen) atoms. The van der Waals surface area contributed by atoms with Crippen molar-refractivity contribution < 1.29 is 23.2 Å². The minimum atomic E-state index is -1.23. The molecule has 0 aliphatic carbocycles. The Morgan fingerprint density at radius 3 is 2.44 bits per heavy atom. The zero-order chi connectivity index (χ0) is 23.8. The number of carbonyl (C=O) groups excluding carboxylic acids is 1. The molecule has 1 aliphatic heterocycles. The largest absolute Gasteiger partial charge is 0.450 e. The third-order valence-electron chi connectivity index (χ3n) is 5.46. The summed E-state index contributed by atoms with van der Waals surface area (Å²) < 4.78 is 35.8. The van der Waals surface area contributed by atoms with E-state index in [0.29, 0.717) is 30.8 Å². The molecule has 0 saturated carbocycles. The van der Waals surface area contributed by atoms with Crippen LogP contribution in [0.1, 0.15) is 21.5 Å². The first-order valence-corrected chi connectivity index (χ1v) is 10.2. The van der Waals surface area contributed by atoms with E-state index in [1.54, 1.807) is 27.9 Å². The van der Waals surface area contributed by atoms with Crippen molar-refractivity contribution in [2.45, 2.75) is 13.1 Å². The van der Waals surface area contributed by atoms with Crippen LogP contribution in [0.5, 0.6) is 11.5 Å². The Kier molecular flexibility index (Phi) is 5.25. The van der Waals surface area contributed by atoms with Crippen LogP contribution < -0.4 is 4.74 Å². The lowest BCUT2D eigenvalue weighted by atomic mass is 10.1. The Balaban J connectivity index is 1.37. The molecule has 0 saturated heterocycles. The van der Waals surface area contributed by atoms with Crippen LogP contribution in [-0.4, -0.2) is 25.5 Å². The molecule has 0 fully saturated rings. The maximum absolute atomic E-state index is 14.3. The number of nitro benzene ring substituents is 1. The number of hydrogen-bond donors (Lipinski definition) is 0. The Hall–Kier alpha value is -4.60. The number of nitro groups is 1. The molecule has 0 unspecified atom stereocenters. The van der Waals surface area contributed by atoms with Gasteiger partial charge in [0, 0.05) is 25.5 Å². The summed E-state index contributed by atoms with van der Waals surface area (Å²) in [6, 6.07) is 15.3. The molecule has 0 atom stereocenters. The van der Waals surface area contributed by atoms with Crippen LogP contribution in [0.15, 0.2) is 73.1 Å². The second-order valence-corrected chi connectivity index (χ2v) is 7.67. The quantitative estimate of drug-likeness (QED) is 0.297. The molecule has 0 radical (unpaired) electrons. The van der Waals surface area contributed by atoms with Crippen molar-refractivity contribution in [2.75, 3.05) is 0 Å². The summed E-state index contributed by atoms with van der Waals surface area (Å²) >= 11 is 0. The van der Waals surface area contributed by atoms with E-state index in [1.165, 1.54) is 6.07 Å². The van der Waals surface area contributed by atoms with Crippen LogP contribution in [0.3, 0.4) is 0 Å². The first-order chi connectivity index (χ1) is 16.4. The summed E-state index contributed by atoms with van der Waals surface area (Å²) in [4.78, 5) is 24.6. The van der Waals surface area contributed by atoms with Crippen molar-refractivity contribution in [1.82, 2.24) is 14.7 Å². The van der Waals surface area contributed by atoms with E-state index in [4.69, 9.17) is 4.74 Å². The summed E-state index contributed by atoms with van der Waals surface area (Å²) in [7, 11) is 0. The number of fused-ring (bicyclic) bond motifs is 1. The molecule has 8 nitrogen and oxygen atoms in total. The lowest BCUT2D eigenvalue weighted by Gasteiger charge is -2.16. The maximum Gasteiger partial charge on any atom is 0.275 e. The highest BCUT2D eigenvalue weighted by Crippen LogP contribution is 2.37. The van der Waals surface area contributed by atoms with Gasteiger partial charge >= 0.3 is 0 Å². The number of aromatic nitrogens is 2. The summed E-state index contributed by atoms with van der Waals surface area (Å²) in [5.74, 6) is -3.64. The zero-order valence-electron chi connectivity index (χ0n) is 17.5. The number of halogens is 2. The van der Waals surface area contributed by atoms with Crippen molar-refractivity contribution in [3.63, 3.8) is 0 Å². The van der Waals surface area contributed by atoms with E-state index in [9.17, 15) is 23.7 Å². The molecule has 1 aromatic heterocycles. The molecule has 4 aromatic rings. The summed E-state index contributed by atoms with van der Waals surface area (Å²) in [5, 5.41) is 15.0. The summed E-state index contributed by atoms with van der Waals surface area (Å²) in [6.45, 7) is 0.629. The Morgan fingerprint density at radius 2 is 1.79 bits per heavy atom. The molecule has 5 rings (SSSR count). The van der Waals surface area contributed by atoms with Crippen LogP contribution in [0, 0.1) is 21.7 Å². The SMILES string of the molecule is O=C1c2c(cccc2Oc2c(F)cc([N+](=O)[O-])cc2F)CN1Cc1ccc(-n2cccn2)cc1. The van der Waals surface area contributed by atoms with Gasteiger partial charge in [0.05, 0.1) is 28.3 Å². The van der Waals surface area contributed by atoms with Gasteiger partial charge in [0.15, 0.2) is 17.4 Å². The Labute approximate surface area is 191 Å². The van der Waals surface area contributed by atoms with Crippen molar-refractivity contribution in [1.29, 1.82) is 0 Å². The Bertz CT molecular complexity index is 1380. The molecular formula is C24H16F2N4O4. The summed E-state index contributed by atoms with van der Waals surface area (Å²) in [5.41, 5.74) is 1.90. The van der Waals surface area contributed by atoms with Gasteiger partial charge in [-0.3, -0.25) is 14.9 Å². The number of amides is 1. The fraction of sp³-hybridized carbons (Fsp3) is 0.0833. The molecule has 170 valence electrons. The number of ether oxygens (including phenoxy) is 1. The van der Waals surface area contributed by atoms with Gasteiger partial charge in [-0.15, -0.1) is 0 Å². The van der Waals surface area contributed by atoms with E-state index >= 15 is 0 Å². The molecule has 0 bridgehead atoms. The summed E-state index contributed by atoms with van der Waals surface area (Å²) in [6.07, 6.45) is 3.51. The molecule has 3 aromatic carbocycles. The number of rotatable bonds is 6. The van der Waals surface area contributed by atoms with Gasteiger partial charge in [-0.1, -0.05) is 24.3 Å². The van der Waals surface area contributed by atoms with Crippen LogP contribution in [0.25, 0.3) is 5.69 Å². The predicted molar refractivity (Wildman–Crippen MR) is 117 cm³/mol.